The van der Waals surface area contributed by atoms with Crippen molar-refractivity contribution in [3.05, 3.63) is 17.0 Å². The van der Waals surface area contributed by atoms with Crippen LogP contribution in [0, 0.1) is 5.41 Å². The van der Waals surface area contributed by atoms with Crippen molar-refractivity contribution in [2.24, 2.45) is 5.41 Å². The van der Waals surface area contributed by atoms with E-state index in [1.165, 1.54) is 6.42 Å². The summed E-state index contributed by atoms with van der Waals surface area (Å²) in [5, 5.41) is 7.83. The van der Waals surface area contributed by atoms with E-state index < -0.39 is 5.92 Å². The number of halogens is 2. The Bertz CT molecular complexity index is 674. The lowest BCUT2D eigenvalue weighted by atomic mass is 9.66. The van der Waals surface area contributed by atoms with Crippen LogP contribution < -0.4 is 5.32 Å². The van der Waals surface area contributed by atoms with Gasteiger partial charge in [0.2, 0.25) is 0 Å². The van der Waals surface area contributed by atoms with Crippen molar-refractivity contribution in [3.8, 4) is 0 Å². The minimum atomic E-state index is -2.65. The first kappa shape index (κ1) is 20.2. The highest BCUT2D eigenvalue weighted by molar-refractivity contribution is 5.34. The molecule has 7 heteroatoms. The van der Waals surface area contributed by atoms with Gasteiger partial charge in [-0.3, -0.25) is 9.58 Å². The summed E-state index contributed by atoms with van der Waals surface area (Å²) in [5.74, 6) is -2.29. The summed E-state index contributed by atoms with van der Waals surface area (Å²) >= 11 is 0. The third-order valence-electron chi connectivity index (χ3n) is 7.00. The van der Waals surface area contributed by atoms with Crippen molar-refractivity contribution in [1.29, 1.82) is 0 Å². The number of fused-ring (bicyclic) bond motifs is 1. The van der Waals surface area contributed by atoms with Crippen LogP contribution in [-0.2, 0) is 24.2 Å². The molecule has 3 aliphatic rings. The number of rotatable bonds is 6. The van der Waals surface area contributed by atoms with Crippen LogP contribution in [0.4, 0.5) is 8.78 Å². The molecule has 0 radical (unpaired) electrons. The maximum Gasteiger partial charge on any atom is 0.272 e. The van der Waals surface area contributed by atoms with Gasteiger partial charge in [0.05, 0.1) is 18.7 Å². The van der Waals surface area contributed by atoms with Crippen LogP contribution in [0.25, 0.3) is 0 Å². The number of likely N-dealkylation sites (N-methyl/N-ethyl adjacent to an activating group) is 2. The molecule has 0 bridgehead atoms. The predicted octanol–water partition coefficient (Wildman–Crippen LogP) is 3.18. The molecule has 1 aromatic rings. The SMILES string of the molecule is CNCCN(C)Cc1nn2c(c1C1CCC3(CCCOC3)CC1)CC(F)(F)C2. The van der Waals surface area contributed by atoms with Gasteiger partial charge in [-0.1, -0.05) is 0 Å². The summed E-state index contributed by atoms with van der Waals surface area (Å²) in [6.45, 7) is 4.06. The van der Waals surface area contributed by atoms with E-state index in [9.17, 15) is 8.78 Å². The largest absolute Gasteiger partial charge is 0.381 e. The van der Waals surface area contributed by atoms with Gasteiger partial charge in [0.15, 0.2) is 0 Å². The van der Waals surface area contributed by atoms with Crippen LogP contribution in [0.3, 0.4) is 0 Å². The van der Waals surface area contributed by atoms with E-state index in [0.29, 0.717) is 11.3 Å². The van der Waals surface area contributed by atoms with E-state index in [4.69, 9.17) is 4.74 Å². The third kappa shape index (κ3) is 4.12. The van der Waals surface area contributed by atoms with Gasteiger partial charge in [-0.05, 0) is 64.0 Å². The molecule has 1 spiro atoms. The minimum absolute atomic E-state index is 0.152. The number of alkyl halides is 2. The van der Waals surface area contributed by atoms with Crippen molar-refractivity contribution in [1.82, 2.24) is 20.0 Å². The molecule has 158 valence electrons. The fourth-order valence-corrected chi connectivity index (χ4v) is 5.45. The van der Waals surface area contributed by atoms with Crippen LogP contribution >= 0.6 is 0 Å². The average molecular weight is 397 g/mol. The van der Waals surface area contributed by atoms with Crippen molar-refractivity contribution >= 4 is 0 Å². The Morgan fingerprint density at radius 3 is 2.75 bits per heavy atom. The molecule has 1 saturated carbocycles. The summed E-state index contributed by atoms with van der Waals surface area (Å²) in [5.41, 5.74) is 3.28. The number of nitrogens with one attached hydrogen (secondary N) is 1. The number of nitrogens with zero attached hydrogens (tertiary/aromatic N) is 3. The van der Waals surface area contributed by atoms with E-state index in [1.54, 1.807) is 4.68 Å². The summed E-state index contributed by atoms with van der Waals surface area (Å²) in [6.07, 6.45) is 6.69. The molecule has 1 aromatic heterocycles. The fraction of sp³-hybridized carbons (Fsp3) is 0.857. The number of hydrogen-bond donors (Lipinski definition) is 1. The minimum Gasteiger partial charge on any atom is -0.381 e. The second kappa shape index (κ2) is 8.00. The summed E-state index contributed by atoms with van der Waals surface area (Å²) < 4.78 is 35.5. The Labute approximate surface area is 166 Å². The molecule has 0 unspecified atom stereocenters. The van der Waals surface area contributed by atoms with E-state index in [0.717, 1.165) is 81.9 Å². The first-order chi connectivity index (χ1) is 13.4. The van der Waals surface area contributed by atoms with Crippen LogP contribution in [0.2, 0.25) is 0 Å². The van der Waals surface area contributed by atoms with E-state index in [1.807, 2.05) is 7.05 Å². The molecule has 1 N–H and O–H groups in total. The van der Waals surface area contributed by atoms with Gasteiger partial charge in [-0.2, -0.15) is 5.10 Å². The second-order valence-corrected chi connectivity index (χ2v) is 9.27. The standard InChI is InChI=1S/C21H34F2N4O/c1-24-9-10-26(2)13-17-19(18-12-21(22,23)14-27(18)25-17)16-4-7-20(8-5-16)6-3-11-28-15-20/h16,24H,3-15H2,1-2H3. The molecule has 2 aliphatic heterocycles. The van der Waals surface area contributed by atoms with Gasteiger partial charge in [0, 0.05) is 37.5 Å². The maximum absolute atomic E-state index is 14.1. The molecule has 5 nitrogen and oxygen atoms in total. The van der Waals surface area contributed by atoms with Gasteiger partial charge in [-0.25, -0.2) is 8.78 Å². The molecule has 3 heterocycles. The van der Waals surface area contributed by atoms with Crippen molar-refractivity contribution < 1.29 is 13.5 Å². The predicted molar refractivity (Wildman–Crippen MR) is 105 cm³/mol. The lowest BCUT2D eigenvalue weighted by Crippen LogP contribution is -2.35. The Morgan fingerprint density at radius 2 is 2.07 bits per heavy atom. The summed E-state index contributed by atoms with van der Waals surface area (Å²) in [6, 6.07) is 0. The lowest BCUT2D eigenvalue weighted by Gasteiger charge is -2.42. The molecule has 0 aromatic carbocycles. The highest BCUT2D eigenvalue weighted by atomic mass is 19.3. The van der Waals surface area contributed by atoms with Gasteiger partial charge >= 0.3 is 0 Å². The summed E-state index contributed by atoms with van der Waals surface area (Å²) in [7, 11) is 4.02. The zero-order valence-electron chi connectivity index (χ0n) is 17.3. The number of hydrogen-bond acceptors (Lipinski definition) is 4. The van der Waals surface area contributed by atoms with Crippen LogP contribution in [0.15, 0.2) is 0 Å². The molecule has 1 aliphatic carbocycles. The molecule has 0 atom stereocenters. The van der Waals surface area contributed by atoms with Crippen LogP contribution in [0.1, 0.15) is 61.4 Å². The molecular formula is C21H34F2N4O. The fourth-order valence-electron chi connectivity index (χ4n) is 5.45. The zero-order valence-corrected chi connectivity index (χ0v) is 17.3. The smallest absolute Gasteiger partial charge is 0.272 e. The molecule has 28 heavy (non-hydrogen) atoms. The Balaban J connectivity index is 1.53. The van der Waals surface area contributed by atoms with E-state index in [2.05, 4.69) is 22.4 Å². The first-order valence-corrected chi connectivity index (χ1v) is 10.8. The Hall–Kier alpha value is -1.05. The first-order valence-electron chi connectivity index (χ1n) is 10.8. The van der Waals surface area contributed by atoms with Gasteiger partial charge in [0.25, 0.3) is 5.92 Å². The Kier molecular flexibility index (Phi) is 5.78. The molecule has 1 saturated heterocycles. The van der Waals surface area contributed by atoms with Gasteiger partial charge in [-0.15, -0.1) is 0 Å². The lowest BCUT2D eigenvalue weighted by molar-refractivity contribution is -0.0309. The molecular weight excluding hydrogens is 362 g/mol. The topological polar surface area (TPSA) is 42.3 Å². The van der Waals surface area contributed by atoms with E-state index >= 15 is 0 Å². The summed E-state index contributed by atoms with van der Waals surface area (Å²) in [4.78, 5) is 2.23. The molecule has 0 amide bonds. The third-order valence-corrected chi connectivity index (χ3v) is 7.00. The quantitative estimate of drug-likeness (QED) is 0.802. The average Bonchev–Trinajstić information content (AvgIpc) is 3.12. The van der Waals surface area contributed by atoms with Crippen molar-refractivity contribution in [3.63, 3.8) is 0 Å². The van der Waals surface area contributed by atoms with Crippen molar-refractivity contribution in [2.45, 2.75) is 69.9 Å². The highest BCUT2D eigenvalue weighted by Gasteiger charge is 2.44. The van der Waals surface area contributed by atoms with Gasteiger partial charge < -0.3 is 10.1 Å². The Morgan fingerprint density at radius 1 is 1.29 bits per heavy atom. The van der Waals surface area contributed by atoms with Gasteiger partial charge in [0.1, 0.15) is 6.54 Å². The van der Waals surface area contributed by atoms with E-state index in [-0.39, 0.29) is 13.0 Å². The number of ether oxygens (including phenoxy) is 1. The maximum atomic E-state index is 14.1. The van der Waals surface area contributed by atoms with Crippen LogP contribution in [-0.4, -0.2) is 61.0 Å². The number of aromatic nitrogens is 2. The monoisotopic (exact) mass is 396 g/mol. The highest BCUT2D eigenvalue weighted by Crippen LogP contribution is 2.49. The zero-order chi connectivity index (χ0) is 19.8. The molecule has 4 rings (SSSR count). The normalized spacial score (nSPS) is 29.5. The van der Waals surface area contributed by atoms with Crippen molar-refractivity contribution in [2.75, 3.05) is 40.4 Å². The molecule has 2 fully saturated rings. The second-order valence-electron chi connectivity index (χ2n) is 9.27. The van der Waals surface area contributed by atoms with Crippen LogP contribution in [0.5, 0.6) is 0 Å².